The fraction of sp³-hybridized carbons (Fsp3) is 0.118. The Morgan fingerprint density at radius 1 is 1.13 bits per heavy atom. The molecule has 118 valence electrons. The second-order valence-electron chi connectivity index (χ2n) is 5.14. The van der Waals surface area contributed by atoms with Crippen LogP contribution >= 0.6 is 35.0 Å². The molecule has 3 rings (SSSR count). The van der Waals surface area contributed by atoms with Crippen LogP contribution in [0.4, 0.5) is 5.69 Å². The zero-order valence-electron chi connectivity index (χ0n) is 12.3. The van der Waals surface area contributed by atoms with Crippen molar-refractivity contribution in [2.75, 3.05) is 5.32 Å². The molecule has 2 aromatic carbocycles. The highest BCUT2D eigenvalue weighted by atomic mass is 35.5. The van der Waals surface area contributed by atoms with Gasteiger partial charge >= 0.3 is 0 Å². The maximum atomic E-state index is 12.1. The third-order valence-corrected chi connectivity index (χ3v) is 4.89. The van der Waals surface area contributed by atoms with Crippen LogP contribution in [0.15, 0.2) is 47.4 Å². The van der Waals surface area contributed by atoms with Crippen LogP contribution in [0.2, 0.25) is 10.0 Å². The van der Waals surface area contributed by atoms with Gasteiger partial charge in [-0.1, -0.05) is 47.1 Å². The molecule has 2 aromatic rings. The number of carbonyl (C=O) groups excluding carboxylic acids is 1. The lowest BCUT2D eigenvalue weighted by Gasteiger charge is -2.15. The lowest BCUT2D eigenvalue weighted by molar-refractivity contribution is -0.116. The maximum Gasteiger partial charge on any atom is 0.260 e. The summed E-state index contributed by atoms with van der Waals surface area (Å²) in [4.78, 5) is 12.8. The van der Waals surface area contributed by atoms with Crippen LogP contribution in [-0.2, 0) is 4.79 Å². The van der Waals surface area contributed by atoms with Crippen LogP contribution in [0, 0.1) is 6.92 Å². The highest BCUT2D eigenvalue weighted by molar-refractivity contribution is 8.05. The number of carbonyl (C=O) groups is 1. The number of aryl methyl sites for hydroxylation is 1. The maximum absolute atomic E-state index is 12.1. The third kappa shape index (κ3) is 4.02. The van der Waals surface area contributed by atoms with E-state index in [-0.39, 0.29) is 11.4 Å². The minimum atomic E-state index is -0.207. The molecule has 1 atom stereocenters. The Bertz CT molecular complexity index is 775. The van der Waals surface area contributed by atoms with E-state index in [9.17, 15) is 4.79 Å². The van der Waals surface area contributed by atoms with Crippen molar-refractivity contribution < 1.29 is 4.79 Å². The van der Waals surface area contributed by atoms with E-state index in [1.54, 1.807) is 12.1 Å². The number of anilines is 1. The van der Waals surface area contributed by atoms with E-state index in [1.165, 1.54) is 11.8 Å². The van der Waals surface area contributed by atoms with Crippen LogP contribution in [0.1, 0.15) is 11.1 Å². The summed E-state index contributed by atoms with van der Waals surface area (Å²) < 4.78 is 0. The van der Waals surface area contributed by atoms with Crippen molar-refractivity contribution in [2.45, 2.75) is 12.4 Å². The third-order valence-electron chi connectivity index (χ3n) is 3.37. The molecule has 1 aliphatic rings. The van der Waals surface area contributed by atoms with Crippen LogP contribution < -0.4 is 10.6 Å². The Balaban J connectivity index is 1.73. The summed E-state index contributed by atoms with van der Waals surface area (Å²) in [5, 5.41) is 7.58. The molecule has 0 radical (unpaired) electrons. The summed E-state index contributed by atoms with van der Waals surface area (Å²) in [6.07, 6.45) is 1.85. The van der Waals surface area contributed by atoms with E-state index < -0.39 is 0 Å². The molecule has 0 spiro atoms. The number of thioether (sulfide) groups is 1. The molecule has 3 nitrogen and oxygen atoms in total. The van der Waals surface area contributed by atoms with Crippen molar-refractivity contribution in [1.82, 2.24) is 5.32 Å². The smallest absolute Gasteiger partial charge is 0.260 e. The van der Waals surface area contributed by atoms with E-state index in [4.69, 9.17) is 23.2 Å². The first kappa shape index (κ1) is 16.2. The Morgan fingerprint density at radius 2 is 1.83 bits per heavy atom. The van der Waals surface area contributed by atoms with Gasteiger partial charge in [-0.2, -0.15) is 0 Å². The van der Waals surface area contributed by atoms with Crippen molar-refractivity contribution >= 4 is 52.6 Å². The SMILES string of the molecule is Cc1cc(Cl)ccc1NC1NC(=O)/C(=C/c2ccc(Cl)cc2)S1. The van der Waals surface area contributed by atoms with Crippen LogP contribution in [0.3, 0.4) is 0 Å². The van der Waals surface area contributed by atoms with E-state index in [0.717, 1.165) is 16.8 Å². The number of hydrogen-bond donors (Lipinski definition) is 2. The number of rotatable bonds is 3. The second kappa shape index (κ2) is 6.87. The molecule has 1 amide bonds. The molecule has 1 fully saturated rings. The molecule has 23 heavy (non-hydrogen) atoms. The van der Waals surface area contributed by atoms with Crippen LogP contribution in [0.25, 0.3) is 6.08 Å². The molecule has 0 aliphatic carbocycles. The predicted octanol–water partition coefficient (Wildman–Crippen LogP) is 4.90. The van der Waals surface area contributed by atoms with Gasteiger partial charge in [-0.15, -0.1) is 0 Å². The summed E-state index contributed by atoms with van der Waals surface area (Å²) in [5.74, 6) is -0.0888. The Morgan fingerprint density at radius 3 is 2.52 bits per heavy atom. The Kier molecular flexibility index (Phi) is 4.85. The number of nitrogens with one attached hydrogen (secondary N) is 2. The second-order valence-corrected chi connectivity index (χ2v) is 7.15. The molecular formula is C17H14Cl2N2OS. The van der Waals surface area contributed by atoms with Crippen molar-refractivity contribution in [3.8, 4) is 0 Å². The summed E-state index contributed by atoms with van der Waals surface area (Å²) in [5.41, 5.74) is 2.71. The van der Waals surface area contributed by atoms with Crippen molar-refractivity contribution in [3.05, 3.63) is 68.5 Å². The van der Waals surface area contributed by atoms with Crippen molar-refractivity contribution in [1.29, 1.82) is 0 Å². The van der Waals surface area contributed by atoms with E-state index in [1.807, 2.05) is 43.3 Å². The Labute approximate surface area is 149 Å². The van der Waals surface area contributed by atoms with E-state index in [0.29, 0.717) is 15.0 Å². The van der Waals surface area contributed by atoms with Gasteiger partial charge in [0.1, 0.15) is 0 Å². The fourth-order valence-corrected chi connectivity index (χ4v) is 3.53. The first-order valence-corrected chi connectivity index (χ1v) is 8.62. The quantitative estimate of drug-likeness (QED) is 0.760. The molecule has 1 aliphatic heterocycles. The fourth-order valence-electron chi connectivity index (χ4n) is 2.21. The van der Waals surface area contributed by atoms with Gasteiger partial charge < -0.3 is 10.6 Å². The minimum Gasteiger partial charge on any atom is -0.356 e. The average Bonchev–Trinajstić information content (AvgIpc) is 2.84. The monoisotopic (exact) mass is 364 g/mol. The lowest BCUT2D eigenvalue weighted by Crippen LogP contribution is -2.31. The molecule has 1 saturated heterocycles. The van der Waals surface area contributed by atoms with Gasteiger partial charge in [-0.25, -0.2) is 0 Å². The first-order valence-electron chi connectivity index (χ1n) is 6.99. The molecular weight excluding hydrogens is 351 g/mol. The average molecular weight is 365 g/mol. The van der Waals surface area contributed by atoms with Crippen LogP contribution in [0.5, 0.6) is 0 Å². The number of benzene rings is 2. The molecule has 0 aromatic heterocycles. The summed E-state index contributed by atoms with van der Waals surface area (Å²) in [6.45, 7) is 1.97. The number of hydrogen-bond acceptors (Lipinski definition) is 3. The Hall–Kier alpha value is -1.62. The van der Waals surface area contributed by atoms with E-state index >= 15 is 0 Å². The normalized spacial score (nSPS) is 19.0. The summed E-state index contributed by atoms with van der Waals surface area (Å²) in [6, 6.07) is 13.0. The highest BCUT2D eigenvalue weighted by Gasteiger charge is 2.27. The van der Waals surface area contributed by atoms with Gasteiger partial charge in [0.25, 0.3) is 5.91 Å². The molecule has 6 heteroatoms. The summed E-state index contributed by atoms with van der Waals surface area (Å²) in [7, 11) is 0. The molecule has 2 N–H and O–H groups in total. The lowest BCUT2D eigenvalue weighted by atomic mass is 10.2. The van der Waals surface area contributed by atoms with Gasteiger partial charge in [0.05, 0.1) is 4.91 Å². The van der Waals surface area contributed by atoms with Gasteiger partial charge in [0.15, 0.2) is 5.50 Å². The zero-order chi connectivity index (χ0) is 16.4. The minimum absolute atomic E-state index is 0.0888. The number of amides is 1. The molecule has 0 saturated carbocycles. The molecule has 1 unspecified atom stereocenters. The van der Waals surface area contributed by atoms with Gasteiger partial charge in [0.2, 0.25) is 0 Å². The van der Waals surface area contributed by atoms with Crippen LogP contribution in [-0.4, -0.2) is 11.4 Å². The van der Waals surface area contributed by atoms with Crippen molar-refractivity contribution in [3.63, 3.8) is 0 Å². The first-order chi connectivity index (χ1) is 11.0. The van der Waals surface area contributed by atoms with Gasteiger partial charge in [-0.05, 0) is 54.5 Å². The number of halogens is 2. The van der Waals surface area contributed by atoms with Gasteiger partial charge in [-0.3, -0.25) is 4.79 Å². The van der Waals surface area contributed by atoms with Gasteiger partial charge in [0, 0.05) is 15.7 Å². The topological polar surface area (TPSA) is 41.1 Å². The summed E-state index contributed by atoms with van der Waals surface area (Å²) >= 11 is 13.3. The van der Waals surface area contributed by atoms with E-state index in [2.05, 4.69) is 10.6 Å². The zero-order valence-corrected chi connectivity index (χ0v) is 14.6. The highest BCUT2D eigenvalue weighted by Crippen LogP contribution is 2.31. The molecule has 0 bridgehead atoms. The molecule has 1 heterocycles. The largest absolute Gasteiger partial charge is 0.356 e. The standard InChI is InChI=1S/C17H14Cl2N2OS/c1-10-8-13(19)6-7-14(10)20-17-21-16(22)15(23-17)9-11-2-4-12(18)5-3-11/h2-9,17,20H,1H3,(H,21,22)/b15-9-. The van der Waals surface area contributed by atoms with Crippen molar-refractivity contribution in [2.24, 2.45) is 0 Å². The predicted molar refractivity (Wildman–Crippen MR) is 98.8 cm³/mol.